The number of β-amino-alcohol motifs (C(OH)–C–C–N with tert-alkyl or cyclic N) is 1. The molecule has 0 aliphatic carbocycles. The van der Waals surface area contributed by atoms with E-state index in [1.54, 1.807) is 11.3 Å². The Balaban J connectivity index is 1.69. The molecule has 1 fully saturated rings. The lowest BCUT2D eigenvalue weighted by Gasteiger charge is -2.32. The van der Waals surface area contributed by atoms with Gasteiger partial charge in [-0.2, -0.15) is 0 Å². The van der Waals surface area contributed by atoms with Crippen LogP contribution in [0.5, 0.6) is 0 Å². The van der Waals surface area contributed by atoms with E-state index in [0.717, 1.165) is 42.8 Å². The quantitative estimate of drug-likeness (QED) is 0.871. The van der Waals surface area contributed by atoms with E-state index in [-0.39, 0.29) is 6.10 Å². The van der Waals surface area contributed by atoms with Gasteiger partial charge in [0.1, 0.15) is 5.01 Å². The third-order valence-corrected chi connectivity index (χ3v) is 4.89. The molecule has 1 N–H and O–H groups in total. The molecule has 0 saturated carbocycles. The Morgan fingerprint density at radius 1 is 1.50 bits per heavy atom. The number of nitrogens with zero attached hydrogens (tertiary/aromatic N) is 3. The van der Waals surface area contributed by atoms with Crippen molar-refractivity contribution in [3.8, 4) is 0 Å². The average molecular weight is 297 g/mol. The predicted molar refractivity (Wildman–Crippen MR) is 84.0 cm³/mol. The second kappa shape index (κ2) is 7.50. The van der Waals surface area contributed by atoms with Crippen LogP contribution in [0.15, 0.2) is 5.38 Å². The summed E-state index contributed by atoms with van der Waals surface area (Å²) in [4.78, 5) is 9.02. The molecule has 1 aromatic rings. The Morgan fingerprint density at radius 2 is 2.20 bits per heavy atom. The molecule has 20 heavy (non-hydrogen) atoms. The van der Waals surface area contributed by atoms with Gasteiger partial charge in [-0.3, -0.25) is 4.90 Å². The number of aliphatic hydroxyl groups excluding tert-OH is 1. The van der Waals surface area contributed by atoms with Crippen molar-refractivity contribution >= 4 is 11.3 Å². The lowest BCUT2D eigenvalue weighted by molar-refractivity contribution is 0.0662. The number of likely N-dealkylation sites (tertiary alicyclic amines) is 1. The fraction of sp³-hybridized carbons (Fsp3) is 0.800. The van der Waals surface area contributed by atoms with Crippen molar-refractivity contribution in [1.82, 2.24) is 14.8 Å². The molecule has 0 amide bonds. The van der Waals surface area contributed by atoms with Crippen LogP contribution in [0.25, 0.3) is 0 Å². The van der Waals surface area contributed by atoms with E-state index in [0.29, 0.717) is 6.54 Å². The molecular weight excluding hydrogens is 270 g/mol. The topological polar surface area (TPSA) is 39.6 Å². The molecule has 2 heterocycles. The lowest BCUT2D eigenvalue weighted by atomic mass is 9.99. The fourth-order valence-electron chi connectivity index (χ4n) is 2.73. The summed E-state index contributed by atoms with van der Waals surface area (Å²) >= 11 is 1.70. The summed E-state index contributed by atoms with van der Waals surface area (Å²) in [7, 11) is 2.05. The molecule has 4 nitrogen and oxygen atoms in total. The molecular formula is C15H27N3OS. The standard InChI is InChI=1S/C15H27N3OS/c1-12-4-6-18(7-5-12)9-14(19)8-17(3)10-15-16-13(2)11-20-15/h11-12,14,19H,4-10H2,1-3H3. The maximum absolute atomic E-state index is 10.2. The lowest BCUT2D eigenvalue weighted by Crippen LogP contribution is -2.42. The largest absolute Gasteiger partial charge is 0.390 e. The van der Waals surface area contributed by atoms with Crippen LogP contribution in [0.1, 0.15) is 30.5 Å². The summed E-state index contributed by atoms with van der Waals surface area (Å²) in [6.07, 6.45) is 2.26. The second-order valence-electron chi connectivity index (χ2n) is 6.22. The number of aliphatic hydroxyl groups is 1. The molecule has 1 unspecified atom stereocenters. The third-order valence-electron chi connectivity index (χ3n) is 3.94. The van der Waals surface area contributed by atoms with Gasteiger partial charge >= 0.3 is 0 Å². The zero-order valence-corrected chi connectivity index (χ0v) is 13.7. The van der Waals surface area contributed by atoms with E-state index in [4.69, 9.17) is 0 Å². The van der Waals surface area contributed by atoms with Crippen molar-refractivity contribution in [2.45, 2.75) is 39.3 Å². The van der Waals surface area contributed by atoms with Crippen molar-refractivity contribution in [3.05, 3.63) is 16.1 Å². The van der Waals surface area contributed by atoms with Gasteiger partial charge in [-0.1, -0.05) is 6.92 Å². The number of aromatic nitrogens is 1. The van der Waals surface area contributed by atoms with Gasteiger partial charge in [0.25, 0.3) is 0 Å². The molecule has 2 rings (SSSR count). The van der Waals surface area contributed by atoms with E-state index >= 15 is 0 Å². The van der Waals surface area contributed by atoms with Gasteiger partial charge in [0.05, 0.1) is 12.6 Å². The number of hydrogen-bond donors (Lipinski definition) is 1. The smallest absolute Gasteiger partial charge is 0.107 e. The van der Waals surface area contributed by atoms with Gasteiger partial charge in [-0.15, -0.1) is 11.3 Å². The van der Waals surface area contributed by atoms with Gasteiger partial charge in [0.15, 0.2) is 0 Å². The molecule has 1 aromatic heterocycles. The number of thiazole rings is 1. The normalized spacial score (nSPS) is 19.6. The number of aryl methyl sites for hydroxylation is 1. The summed E-state index contributed by atoms with van der Waals surface area (Å²) in [6, 6.07) is 0. The van der Waals surface area contributed by atoms with E-state index in [2.05, 4.69) is 34.1 Å². The van der Waals surface area contributed by atoms with Crippen LogP contribution < -0.4 is 0 Å². The first kappa shape index (κ1) is 15.9. The summed E-state index contributed by atoms with van der Waals surface area (Å²) in [5.74, 6) is 0.846. The van der Waals surface area contributed by atoms with Crippen LogP contribution in [-0.4, -0.2) is 59.2 Å². The number of hydrogen-bond acceptors (Lipinski definition) is 5. The fourth-order valence-corrected chi connectivity index (χ4v) is 3.58. The summed E-state index contributed by atoms with van der Waals surface area (Å²) in [6.45, 7) is 8.94. The van der Waals surface area contributed by atoms with Crippen LogP contribution in [0.3, 0.4) is 0 Å². The molecule has 114 valence electrons. The van der Waals surface area contributed by atoms with E-state index in [9.17, 15) is 5.11 Å². The van der Waals surface area contributed by atoms with Crippen molar-refractivity contribution in [2.75, 3.05) is 33.2 Å². The van der Waals surface area contributed by atoms with Crippen LogP contribution in [0.4, 0.5) is 0 Å². The average Bonchev–Trinajstić information content (AvgIpc) is 2.77. The Hall–Kier alpha value is -0.490. The highest BCUT2D eigenvalue weighted by atomic mass is 32.1. The highest BCUT2D eigenvalue weighted by Gasteiger charge is 2.19. The molecule has 1 aliphatic rings. The highest BCUT2D eigenvalue weighted by Crippen LogP contribution is 2.16. The zero-order chi connectivity index (χ0) is 14.5. The Bertz CT molecular complexity index is 402. The van der Waals surface area contributed by atoms with E-state index < -0.39 is 0 Å². The SMILES string of the molecule is Cc1csc(CN(C)CC(O)CN2CCC(C)CC2)n1. The Morgan fingerprint density at radius 3 is 2.80 bits per heavy atom. The predicted octanol–water partition coefficient (Wildman–Crippen LogP) is 1.98. The first-order valence-electron chi connectivity index (χ1n) is 7.53. The minimum absolute atomic E-state index is 0.269. The van der Waals surface area contributed by atoms with Crippen molar-refractivity contribution in [3.63, 3.8) is 0 Å². The minimum Gasteiger partial charge on any atom is -0.390 e. The molecule has 1 saturated heterocycles. The maximum Gasteiger partial charge on any atom is 0.107 e. The number of likely N-dealkylation sites (N-methyl/N-ethyl adjacent to an activating group) is 1. The highest BCUT2D eigenvalue weighted by molar-refractivity contribution is 7.09. The van der Waals surface area contributed by atoms with Crippen LogP contribution in [0, 0.1) is 12.8 Å². The number of rotatable bonds is 6. The summed E-state index contributed by atoms with van der Waals surface area (Å²) in [5, 5.41) is 13.4. The zero-order valence-electron chi connectivity index (χ0n) is 12.9. The summed E-state index contributed by atoms with van der Waals surface area (Å²) in [5.41, 5.74) is 1.08. The van der Waals surface area contributed by atoms with E-state index in [1.165, 1.54) is 12.8 Å². The van der Waals surface area contributed by atoms with Gasteiger partial charge < -0.3 is 10.0 Å². The van der Waals surface area contributed by atoms with Crippen molar-refractivity contribution in [2.24, 2.45) is 5.92 Å². The van der Waals surface area contributed by atoms with Crippen molar-refractivity contribution < 1.29 is 5.11 Å². The molecule has 0 aromatic carbocycles. The van der Waals surface area contributed by atoms with Crippen molar-refractivity contribution in [1.29, 1.82) is 0 Å². The molecule has 0 bridgehead atoms. The molecule has 0 spiro atoms. The molecule has 0 radical (unpaired) electrons. The molecule has 1 atom stereocenters. The molecule has 1 aliphatic heterocycles. The Labute approximate surface area is 126 Å². The molecule has 5 heteroatoms. The number of piperidine rings is 1. The summed E-state index contributed by atoms with van der Waals surface area (Å²) < 4.78 is 0. The first-order valence-corrected chi connectivity index (χ1v) is 8.41. The van der Waals surface area contributed by atoms with Crippen LogP contribution in [0.2, 0.25) is 0 Å². The minimum atomic E-state index is -0.269. The van der Waals surface area contributed by atoms with Crippen LogP contribution >= 0.6 is 11.3 Å². The monoisotopic (exact) mass is 297 g/mol. The van der Waals surface area contributed by atoms with Gasteiger partial charge in [-0.05, 0) is 45.8 Å². The van der Waals surface area contributed by atoms with Gasteiger partial charge in [0, 0.05) is 24.2 Å². The maximum atomic E-state index is 10.2. The van der Waals surface area contributed by atoms with E-state index in [1.807, 2.05) is 6.92 Å². The van der Waals surface area contributed by atoms with Crippen LogP contribution in [-0.2, 0) is 6.54 Å². The van der Waals surface area contributed by atoms with Gasteiger partial charge in [0.2, 0.25) is 0 Å². The van der Waals surface area contributed by atoms with Gasteiger partial charge in [-0.25, -0.2) is 4.98 Å². The first-order chi connectivity index (χ1) is 9.52. The third kappa shape index (κ3) is 5.13. The second-order valence-corrected chi connectivity index (χ2v) is 7.16. The Kier molecular flexibility index (Phi) is 5.96.